The predicted molar refractivity (Wildman–Crippen MR) is 65.8 cm³/mol. The van der Waals surface area contributed by atoms with Crippen LogP contribution < -0.4 is 5.32 Å². The number of aromatic carboxylic acids is 1. The number of esters is 1. The Balaban J connectivity index is 1.92. The lowest BCUT2D eigenvalue weighted by atomic mass is 10.1. The van der Waals surface area contributed by atoms with Gasteiger partial charge >= 0.3 is 11.9 Å². The van der Waals surface area contributed by atoms with Crippen LogP contribution in [0.5, 0.6) is 0 Å². The van der Waals surface area contributed by atoms with E-state index < -0.39 is 5.97 Å². The molecule has 7 heteroatoms. The number of rotatable bonds is 4. The number of nitrogens with zero attached hydrogens (tertiary/aromatic N) is 2. The van der Waals surface area contributed by atoms with Gasteiger partial charge in [0.2, 0.25) is 0 Å². The van der Waals surface area contributed by atoms with E-state index in [1.807, 2.05) is 0 Å². The van der Waals surface area contributed by atoms with Crippen molar-refractivity contribution in [2.24, 2.45) is 5.92 Å². The highest BCUT2D eigenvalue weighted by molar-refractivity contribution is 5.84. The number of aromatic nitrogens is 2. The second kappa shape index (κ2) is 5.64. The molecule has 0 spiro atoms. The van der Waals surface area contributed by atoms with Crippen molar-refractivity contribution in [1.82, 2.24) is 9.97 Å². The molecule has 1 saturated carbocycles. The quantitative estimate of drug-likeness (QED) is 0.781. The number of anilines is 1. The second-order valence-corrected chi connectivity index (χ2v) is 4.47. The van der Waals surface area contributed by atoms with Crippen LogP contribution in [0.15, 0.2) is 12.4 Å². The van der Waals surface area contributed by atoms with Crippen LogP contribution in [-0.4, -0.2) is 40.2 Å². The molecule has 2 atom stereocenters. The van der Waals surface area contributed by atoms with Crippen LogP contribution in [0.1, 0.15) is 29.8 Å². The molecule has 7 nitrogen and oxygen atoms in total. The maximum absolute atomic E-state index is 11.4. The van der Waals surface area contributed by atoms with Gasteiger partial charge in [0.25, 0.3) is 0 Å². The summed E-state index contributed by atoms with van der Waals surface area (Å²) in [5.74, 6) is -0.850. The molecule has 0 bridgehead atoms. The summed E-state index contributed by atoms with van der Waals surface area (Å²) in [7, 11) is 1.39. The molecule has 1 aromatic rings. The van der Waals surface area contributed by atoms with E-state index >= 15 is 0 Å². The zero-order chi connectivity index (χ0) is 13.8. The molecule has 0 unspecified atom stereocenters. The molecule has 1 aliphatic rings. The Hall–Kier alpha value is -2.18. The first-order valence-corrected chi connectivity index (χ1v) is 6.00. The van der Waals surface area contributed by atoms with E-state index in [9.17, 15) is 9.59 Å². The molecule has 1 aromatic heterocycles. The molecule has 0 amide bonds. The molecule has 0 aromatic carbocycles. The minimum atomic E-state index is -1.11. The second-order valence-electron chi connectivity index (χ2n) is 4.47. The standard InChI is InChI=1S/C12H15N3O4/c1-19-12(18)7-2-3-8(4-7)15-10-6-13-9(5-14-10)11(16)17/h5-8H,2-4H2,1H3,(H,14,15)(H,16,17)/t7-,8+/m0/s1. The van der Waals surface area contributed by atoms with Gasteiger partial charge in [0.1, 0.15) is 5.82 Å². The lowest BCUT2D eigenvalue weighted by Gasteiger charge is -2.12. The minimum Gasteiger partial charge on any atom is -0.476 e. The number of carbonyl (C=O) groups excluding carboxylic acids is 1. The Kier molecular flexibility index (Phi) is 3.94. The summed E-state index contributed by atoms with van der Waals surface area (Å²) in [6, 6.07) is 0.133. The number of carbonyl (C=O) groups is 2. The first-order valence-electron chi connectivity index (χ1n) is 6.00. The Labute approximate surface area is 110 Å². The van der Waals surface area contributed by atoms with Gasteiger partial charge in [-0.05, 0) is 19.3 Å². The molecular formula is C12H15N3O4. The average Bonchev–Trinajstić information content (AvgIpc) is 2.87. The van der Waals surface area contributed by atoms with Gasteiger partial charge < -0.3 is 15.2 Å². The SMILES string of the molecule is COC(=O)[C@H]1CC[C@@H](Nc2cnc(C(=O)O)cn2)C1. The number of carboxylic acids is 1. The first-order chi connectivity index (χ1) is 9.10. The third kappa shape index (κ3) is 3.18. The van der Waals surface area contributed by atoms with Gasteiger partial charge in [0.05, 0.1) is 25.4 Å². The predicted octanol–water partition coefficient (Wildman–Crippen LogP) is 0.928. The molecule has 102 valence electrons. The monoisotopic (exact) mass is 265 g/mol. The van der Waals surface area contributed by atoms with Crippen molar-refractivity contribution in [2.75, 3.05) is 12.4 Å². The summed E-state index contributed by atoms with van der Waals surface area (Å²) in [6.45, 7) is 0. The van der Waals surface area contributed by atoms with E-state index in [-0.39, 0.29) is 23.6 Å². The summed E-state index contributed by atoms with van der Waals surface area (Å²) in [6.07, 6.45) is 4.91. The highest BCUT2D eigenvalue weighted by Gasteiger charge is 2.30. The van der Waals surface area contributed by atoms with Crippen LogP contribution in [0.3, 0.4) is 0 Å². The number of carboxylic acid groups (broad SMARTS) is 1. The summed E-state index contributed by atoms with van der Waals surface area (Å²) in [5.41, 5.74) is -0.0931. The average molecular weight is 265 g/mol. The zero-order valence-corrected chi connectivity index (χ0v) is 10.5. The number of hydrogen-bond donors (Lipinski definition) is 2. The van der Waals surface area contributed by atoms with Gasteiger partial charge in [-0.2, -0.15) is 0 Å². The lowest BCUT2D eigenvalue weighted by molar-refractivity contribution is -0.145. The van der Waals surface area contributed by atoms with Gasteiger partial charge in [-0.1, -0.05) is 0 Å². The maximum Gasteiger partial charge on any atom is 0.356 e. The van der Waals surface area contributed by atoms with Gasteiger partial charge in [-0.15, -0.1) is 0 Å². The molecule has 19 heavy (non-hydrogen) atoms. The number of nitrogens with one attached hydrogen (secondary N) is 1. The van der Waals surface area contributed by atoms with Gasteiger partial charge in [-0.3, -0.25) is 4.79 Å². The van der Waals surface area contributed by atoms with Crippen LogP contribution in [0, 0.1) is 5.92 Å². The Morgan fingerprint density at radius 1 is 1.37 bits per heavy atom. The van der Waals surface area contributed by atoms with Crippen molar-refractivity contribution in [2.45, 2.75) is 25.3 Å². The smallest absolute Gasteiger partial charge is 0.356 e. The summed E-state index contributed by atoms with van der Waals surface area (Å²) < 4.78 is 4.71. The Morgan fingerprint density at radius 3 is 2.74 bits per heavy atom. The lowest BCUT2D eigenvalue weighted by Crippen LogP contribution is -2.19. The molecular weight excluding hydrogens is 250 g/mol. The maximum atomic E-state index is 11.4. The third-order valence-corrected chi connectivity index (χ3v) is 3.19. The molecule has 0 saturated heterocycles. The Bertz CT molecular complexity index is 474. The van der Waals surface area contributed by atoms with Crippen LogP contribution in [0.25, 0.3) is 0 Å². The van der Waals surface area contributed by atoms with E-state index in [2.05, 4.69) is 15.3 Å². The topological polar surface area (TPSA) is 101 Å². The number of methoxy groups -OCH3 is 1. The molecule has 1 fully saturated rings. The highest BCUT2D eigenvalue weighted by atomic mass is 16.5. The zero-order valence-electron chi connectivity index (χ0n) is 10.5. The fourth-order valence-electron chi connectivity index (χ4n) is 2.22. The van der Waals surface area contributed by atoms with Crippen LogP contribution in [-0.2, 0) is 9.53 Å². The van der Waals surface area contributed by atoms with Gasteiger partial charge in [-0.25, -0.2) is 14.8 Å². The van der Waals surface area contributed by atoms with Crippen molar-refractivity contribution in [3.05, 3.63) is 18.1 Å². The molecule has 1 aliphatic carbocycles. The van der Waals surface area contributed by atoms with Crippen molar-refractivity contribution >= 4 is 17.8 Å². The molecule has 2 N–H and O–H groups in total. The fraction of sp³-hybridized carbons (Fsp3) is 0.500. The van der Waals surface area contributed by atoms with E-state index in [4.69, 9.17) is 9.84 Å². The van der Waals surface area contributed by atoms with Crippen molar-refractivity contribution in [3.8, 4) is 0 Å². The Morgan fingerprint density at radius 2 is 2.16 bits per heavy atom. The van der Waals surface area contributed by atoms with E-state index in [0.29, 0.717) is 12.2 Å². The summed E-state index contributed by atoms with van der Waals surface area (Å²) in [4.78, 5) is 29.8. The fourth-order valence-corrected chi connectivity index (χ4v) is 2.22. The molecule has 1 heterocycles. The first kappa shape index (κ1) is 13.3. The van der Waals surface area contributed by atoms with Crippen molar-refractivity contribution in [3.63, 3.8) is 0 Å². The third-order valence-electron chi connectivity index (χ3n) is 3.19. The summed E-state index contributed by atoms with van der Waals surface area (Å²) in [5, 5.41) is 11.9. The van der Waals surface area contributed by atoms with E-state index in [0.717, 1.165) is 12.8 Å². The number of hydrogen-bond acceptors (Lipinski definition) is 6. The highest BCUT2D eigenvalue weighted by Crippen LogP contribution is 2.28. The summed E-state index contributed by atoms with van der Waals surface area (Å²) >= 11 is 0. The van der Waals surface area contributed by atoms with Crippen LogP contribution in [0.4, 0.5) is 5.82 Å². The van der Waals surface area contributed by atoms with Crippen molar-refractivity contribution in [1.29, 1.82) is 0 Å². The minimum absolute atomic E-state index is 0.0752. The van der Waals surface area contributed by atoms with Crippen LogP contribution in [0.2, 0.25) is 0 Å². The van der Waals surface area contributed by atoms with Crippen LogP contribution >= 0.6 is 0 Å². The van der Waals surface area contributed by atoms with E-state index in [1.165, 1.54) is 19.5 Å². The largest absolute Gasteiger partial charge is 0.476 e. The molecule has 0 radical (unpaired) electrons. The molecule has 0 aliphatic heterocycles. The van der Waals surface area contributed by atoms with E-state index in [1.54, 1.807) is 0 Å². The molecule has 2 rings (SSSR count). The normalized spacial score (nSPS) is 21.9. The van der Waals surface area contributed by atoms with Crippen molar-refractivity contribution < 1.29 is 19.4 Å². The van der Waals surface area contributed by atoms with Gasteiger partial charge in [0, 0.05) is 6.04 Å². The number of ether oxygens (including phenoxy) is 1. The van der Waals surface area contributed by atoms with Gasteiger partial charge in [0.15, 0.2) is 5.69 Å².